The van der Waals surface area contributed by atoms with Gasteiger partial charge in [0.25, 0.3) is 5.91 Å². The Morgan fingerprint density at radius 3 is 2.62 bits per heavy atom. The topological polar surface area (TPSA) is 75.0 Å². The molecule has 0 spiro atoms. The van der Waals surface area contributed by atoms with E-state index in [2.05, 4.69) is 16.4 Å². The van der Waals surface area contributed by atoms with Crippen LogP contribution >= 0.6 is 22.9 Å². The van der Waals surface area contributed by atoms with Gasteiger partial charge in [-0.05, 0) is 42.8 Å². The molecular formula is C22H18ClN3O2S. The number of nitriles is 1. The number of ether oxygens (including phenoxy) is 1. The number of nitrogens with one attached hydrogen (secondary N) is 1. The van der Waals surface area contributed by atoms with Gasteiger partial charge in [0.05, 0.1) is 11.3 Å². The standard InChI is InChI=1S/C22H18ClN3O2S/c1-2-25-21(27)13-28-19-9-3-15(4-10-19)11-17(12-24)22-26-20(14-29-22)16-5-7-18(23)8-6-16/h3-11,14H,2,13H2,1H3,(H,25,27)/b17-11-. The third-order valence-corrected chi connectivity index (χ3v) is 5.06. The molecule has 0 bridgehead atoms. The summed E-state index contributed by atoms with van der Waals surface area (Å²) in [5, 5.41) is 15.5. The third kappa shape index (κ3) is 5.67. The smallest absolute Gasteiger partial charge is 0.257 e. The van der Waals surface area contributed by atoms with E-state index in [1.807, 2.05) is 48.7 Å². The first-order valence-corrected chi connectivity index (χ1v) is 10.2. The molecule has 0 aliphatic carbocycles. The van der Waals surface area contributed by atoms with Crippen molar-refractivity contribution in [3.8, 4) is 23.1 Å². The zero-order valence-corrected chi connectivity index (χ0v) is 17.3. The SMILES string of the molecule is CCNC(=O)COc1ccc(/C=C(/C#N)c2nc(-c3ccc(Cl)cc3)cs2)cc1. The summed E-state index contributed by atoms with van der Waals surface area (Å²) in [5.41, 5.74) is 3.07. The highest BCUT2D eigenvalue weighted by Gasteiger charge is 2.09. The van der Waals surface area contributed by atoms with Crippen molar-refractivity contribution in [3.05, 3.63) is 69.5 Å². The number of rotatable bonds is 7. The van der Waals surface area contributed by atoms with Crippen LogP contribution < -0.4 is 10.1 Å². The van der Waals surface area contributed by atoms with Crippen LogP contribution in [0, 0.1) is 11.3 Å². The fraction of sp³-hybridized carbons (Fsp3) is 0.136. The third-order valence-electron chi connectivity index (χ3n) is 3.93. The Kier molecular flexibility index (Phi) is 7.01. The fourth-order valence-corrected chi connectivity index (χ4v) is 3.44. The number of carbonyl (C=O) groups is 1. The maximum Gasteiger partial charge on any atom is 0.257 e. The second-order valence-corrected chi connectivity index (χ2v) is 7.32. The number of halogens is 1. The molecular weight excluding hydrogens is 406 g/mol. The molecule has 0 radical (unpaired) electrons. The minimum absolute atomic E-state index is 0.0287. The van der Waals surface area contributed by atoms with Crippen LogP contribution in [0.2, 0.25) is 5.02 Å². The van der Waals surface area contributed by atoms with Crippen molar-refractivity contribution in [1.29, 1.82) is 5.26 Å². The van der Waals surface area contributed by atoms with Crippen LogP contribution in [0.25, 0.3) is 22.9 Å². The molecule has 0 atom stereocenters. The van der Waals surface area contributed by atoms with Crippen LogP contribution in [0.5, 0.6) is 5.75 Å². The molecule has 29 heavy (non-hydrogen) atoms. The minimum atomic E-state index is -0.163. The molecule has 1 amide bonds. The highest BCUT2D eigenvalue weighted by molar-refractivity contribution is 7.11. The normalized spacial score (nSPS) is 11.0. The van der Waals surface area contributed by atoms with Gasteiger partial charge in [0.1, 0.15) is 16.8 Å². The Morgan fingerprint density at radius 2 is 1.97 bits per heavy atom. The molecule has 1 heterocycles. The Bertz CT molecular complexity index is 1050. The van der Waals surface area contributed by atoms with Crippen LogP contribution in [0.1, 0.15) is 17.5 Å². The van der Waals surface area contributed by atoms with Gasteiger partial charge in [0.2, 0.25) is 0 Å². The van der Waals surface area contributed by atoms with E-state index < -0.39 is 0 Å². The number of hydrogen-bond donors (Lipinski definition) is 1. The van der Waals surface area contributed by atoms with Gasteiger partial charge in [-0.1, -0.05) is 35.9 Å². The lowest BCUT2D eigenvalue weighted by Crippen LogP contribution is -2.28. The van der Waals surface area contributed by atoms with E-state index in [0.29, 0.717) is 27.9 Å². The molecule has 5 nitrogen and oxygen atoms in total. The molecule has 146 valence electrons. The molecule has 3 aromatic rings. The Hall–Kier alpha value is -3.14. The van der Waals surface area contributed by atoms with Gasteiger partial charge >= 0.3 is 0 Å². The van der Waals surface area contributed by atoms with Gasteiger partial charge in [-0.2, -0.15) is 5.26 Å². The Labute approximate surface area is 178 Å². The summed E-state index contributed by atoms with van der Waals surface area (Å²) in [6, 6.07) is 16.8. The molecule has 1 aromatic heterocycles. The summed E-state index contributed by atoms with van der Waals surface area (Å²) in [6.45, 7) is 2.39. The van der Waals surface area contributed by atoms with Crippen molar-refractivity contribution in [2.24, 2.45) is 0 Å². The van der Waals surface area contributed by atoms with Gasteiger partial charge in [0.15, 0.2) is 6.61 Å². The number of carbonyl (C=O) groups excluding carboxylic acids is 1. The second kappa shape index (κ2) is 9.87. The summed E-state index contributed by atoms with van der Waals surface area (Å²) >= 11 is 7.34. The van der Waals surface area contributed by atoms with E-state index in [1.165, 1.54) is 11.3 Å². The van der Waals surface area contributed by atoms with Gasteiger partial charge in [-0.15, -0.1) is 11.3 Å². The van der Waals surface area contributed by atoms with Crippen LogP contribution in [0.3, 0.4) is 0 Å². The predicted molar refractivity (Wildman–Crippen MR) is 117 cm³/mol. The number of allylic oxidation sites excluding steroid dienone is 1. The van der Waals surface area contributed by atoms with Crippen LogP contribution in [-0.4, -0.2) is 24.0 Å². The number of aromatic nitrogens is 1. The van der Waals surface area contributed by atoms with Crippen molar-refractivity contribution in [2.75, 3.05) is 13.2 Å². The largest absolute Gasteiger partial charge is 0.484 e. The first-order valence-electron chi connectivity index (χ1n) is 8.92. The number of amides is 1. The van der Waals surface area contributed by atoms with Gasteiger partial charge in [0, 0.05) is 22.5 Å². The first-order chi connectivity index (χ1) is 14.1. The van der Waals surface area contributed by atoms with Gasteiger partial charge < -0.3 is 10.1 Å². The first kappa shape index (κ1) is 20.6. The van der Waals surface area contributed by atoms with Crippen molar-refractivity contribution in [2.45, 2.75) is 6.92 Å². The highest BCUT2D eigenvalue weighted by atomic mass is 35.5. The maximum atomic E-state index is 11.5. The lowest BCUT2D eigenvalue weighted by atomic mass is 10.1. The van der Waals surface area contributed by atoms with Crippen LogP contribution in [-0.2, 0) is 4.79 Å². The van der Waals surface area contributed by atoms with E-state index in [9.17, 15) is 10.1 Å². The molecule has 0 aliphatic heterocycles. The van der Waals surface area contributed by atoms with Crippen molar-refractivity contribution >= 4 is 40.5 Å². The summed E-state index contributed by atoms with van der Waals surface area (Å²) in [7, 11) is 0. The molecule has 7 heteroatoms. The predicted octanol–water partition coefficient (Wildman–Crippen LogP) is 5.04. The summed E-state index contributed by atoms with van der Waals surface area (Å²) in [5.74, 6) is 0.426. The van der Waals surface area contributed by atoms with E-state index in [4.69, 9.17) is 16.3 Å². The molecule has 0 fully saturated rings. The lowest BCUT2D eigenvalue weighted by Gasteiger charge is -2.06. The van der Waals surface area contributed by atoms with Crippen molar-refractivity contribution in [3.63, 3.8) is 0 Å². The summed E-state index contributed by atoms with van der Waals surface area (Å²) in [6.07, 6.45) is 1.78. The molecule has 0 aliphatic rings. The van der Waals surface area contributed by atoms with Crippen molar-refractivity contribution < 1.29 is 9.53 Å². The second-order valence-electron chi connectivity index (χ2n) is 6.03. The fourth-order valence-electron chi connectivity index (χ4n) is 2.52. The van der Waals surface area contributed by atoms with Gasteiger partial charge in [-0.25, -0.2) is 4.98 Å². The molecule has 1 N–H and O–H groups in total. The molecule has 0 saturated heterocycles. The zero-order chi connectivity index (χ0) is 20.6. The Morgan fingerprint density at radius 1 is 1.24 bits per heavy atom. The zero-order valence-electron chi connectivity index (χ0n) is 15.7. The van der Waals surface area contributed by atoms with E-state index >= 15 is 0 Å². The quantitative estimate of drug-likeness (QED) is 0.540. The molecule has 0 saturated carbocycles. The number of thiazole rings is 1. The van der Waals surface area contributed by atoms with Crippen LogP contribution in [0.15, 0.2) is 53.9 Å². The monoisotopic (exact) mass is 423 g/mol. The average Bonchev–Trinajstić information content (AvgIpc) is 3.22. The van der Waals surface area contributed by atoms with Gasteiger partial charge in [-0.3, -0.25) is 4.79 Å². The van der Waals surface area contributed by atoms with Crippen LogP contribution in [0.4, 0.5) is 0 Å². The number of hydrogen-bond acceptors (Lipinski definition) is 5. The maximum absolute atomic E-state index is 11.5. The highest BCUT2D eigenvalue weighted by Crippen LogP contribution is 2.28. The Balaban J connectivity index is 1.72. The molecule has 2 aromatic carbocycles. The minimum Gasteiger partial charge on any atom is -0.484 e. The number of likely N-dealkylation sites (N-methyl/N-ethyl adjacent to an activating group) is 1. The van der Waals surface area contributed by atoms with E-state index in [0.717, 1.165) is 16.8 Å². The number of nitrogens with zero attached hydrogens (tertiary/aromatic N) is 2. The van der Waals surface area contributed by atoms with Crippen molar-refractivity contribution in [1.82, 2.24) is 10.3 Å². The lowest BCUT2D eigenvalue weighted by molar-refractivity contribution is -0.122. The molecule has 0 unspecified atom stereocenters. The van der Waals surface area contributed by atoms with E-state index in [-0.39, 0.29) is 12.5 Å². The molecule has 3 rings (SSSR count). The number of benzene rings is 2. The summed E-state index contributed by atoms with van der Waals surface area (Å²) in [4.78, 5) is 16.0. The summed E-state index contributed by atoms with van der Waals surface area (Å²) < 4.78 is 5.43. The van der Waals surface area contributed by atoms with E-state index in [1.54, 1.807) is 18.2 Å². The average molecular weight is 424 g/mol.